The van der Waals surface area contributed by atoms with Crippen LogP contribution in [-0.2, 0) is 5.41 Å². The van der Waals surface area contributed by atoms with Gasteiger partial charge in [0, 0.05) is 5.41 Å². The van der Waals surface area contributed by atoms with E-state index in [2.05, 4.69) is 52.8 Å². The van der Waals surface area contributed by atoms with E-state index in [1.54, 1.807) is 18.2 Å². The smallest absolute Gasteiger partial charge is 0.119 e. The number of fused-ring (bicyclic) bond motifs is 5. The lowest BCUT2D eigenvalue weighted by molar-refractivity contribution is -0.0102. The molecule has 0 radical (unpaired) electrons. The molecular formula is C23H32O. The van der Waals surface area contributed by atoms with E-state index in [1.165, 1.54) is 43.2 Å². The van der Waals surface area contributed by atoms with Crippen molar-refractivity contribution in [3.8, 4) is 5.75 Å². The van der Waals surface area contributed by atoms with Gasteiger partial charge < -0.3 is 4.74 Å². The van der Waals surface area contributed by atoms with Crippen molar-refractivity contribution in [1.82, 2.24) is 0 Å². The third-order valence-corrected chi connectivity index (χ3v) is 7.80. The van der Waals surface area contributed by atoms with Crippen LogP contribution in [0, 0.1) is 23.7 Å². The standard InChI is InChI=1S/C23H32O/c1-15-12-17(24-6)13-16-14-19-22(4)10-7-9-21(2,3)18(22)8-11-23(19,5)20(15)16/h12-14,18H,7-11H2,1-6H3/t18?,22-,23-/m0/s1. The van der Waals surface area contributed by atoms with Crippen molar-refractivity contribution < 1.29 is 4.74 Å². The Morgan fingerprint density at radius 2 is 1.79 bits per heavy atom. The van der Waals surface area contributed by atoms with Crippen LogP contribution in [0.15, 0.2) is 17.7 Å². The SMILES string of the molecule is COc1cc(C)c2c(c1)C=C1[C@]2(C)CCC2C(C)(C)CCC[C@]12C. The zero-order valence-corrected chi connectivity index (χ0v) is 16.3. The number of rotatable bonds is 1. The van der Waals surface area contributed by atoms with E-state index in [1.807, 2.05) is 0 Å². The van der Waals surface area contributed by atoms with Crippen molar-refractivity contribution in [3.05, 3.63) is 34.4 Å². The molecule has 0 aliphatic heterocycles. The van der Waals surface area contributed by atoms with Gasteiger partial charge in [-0.3, -0.25) is 0 Å². The summed E-state index contributed by atoms with van der Waals surface area (Å²) in [4.78, 5) is 0. The summed E-state index contributed by atoms with van der Waals surface area (Å²) < 4.78 is 5.54. The van der Waals surface area contributed by atoms with E-state index >= 15 is 0 Å². The first-order chi connectivity index (χ1) is 11.2. The molecule has 1 heteroatoms. The predicted octanol–water partition coefficient (Wildman–Crippen LogP) is 6.28. The highest BCUT2D eigenvalue weighted by molar-refractivity contribution is 5.74. The molecule has 130 valence electrons. The molecule has 1 unspecified atom stereocenters. The maximum Gasteiger partial charge on any atom is 0.119 e. The third-order valence-electron chi connectivity index (χ3n) is 7.80. The molecule has 0 saturated heterocycles. The summed E-state index contributed by atoms with van der Waals surface area (Å²) in [7, 11) is 1.78. The Hall–Kier alpha value is -1.24. The normalized spacial score (nSPS) is 36.4. The molecule has 3 aliphatic rings. The van der Waals surface area contributed by atoms with E-state index < -0.39 is 0 Å². The van der Waals surface area contributed by atoms with Gasteiger partial charge >= 0.3 is 0 Å². The minimum atomic E-state index is 0.227. The van der Waals surface area contributed by atoms with Gasteiger partial charge in [-0.1, -0.05) is 45.8 Å². The van der Waals surface area contributed by atoms with Crippen molar-refractivity contribution in [2.45, 2.75) is 72.1 Å². The molecule has 0 spiro atoms. The molecule has 1 nitrogen and oxygen atoms in total. The predicted molar refractivity (Wildman–Crippen MR) is 102 cm³/mol. The molecule has 1 aromatic carbocycles. The lowest BCUT2D eigenvalue weighted by Crippen LogP contribution is -2.50. The van der Waals surface area contributed by atoms with Crippen LogP contribution in [0.4, 0.5) is 0 Å². The summed E-state index contributed by atoms with van der Waals surface area (Å²) in [6.07, 6.45) is 9.30. The fraction of sp³-hybridized carbons (Fsp3) is 0.652. The largest absolute Gasteiger partial charge is 0.497 e. The molecular weight excluding hydrogens is 292 g/mol. The van der Waals surface area contributed by atoms with Crippen molar-refractivity contribution in [3.63, 3.8) is 0 Å². The minimum Gasteiger partial charge on any atom is -0.497 e. The fourth-order valence-electron chi connectivity index (χ4n) is 6.86. The second kappa shape index (κ2) is 4.90. The van der Waals surface area contributed by atoms with Gasteiger partial charge in [0.05, 0.1) is 7.11 Å². The molecule has 3 aliphatic carbocycles. The second-order valence-electron chi connectivity index (χ2n) is 9.65. The van der Waals surface area contributed by atoms with Crippen LogP contribution in [0.1, 0.15) is 76.5 Å². The summed E-state index contributed by atoms with van der Waals surface area (Å²) >= 11 is 0. The third kappa shape index (κ3) is 1.93. The molecule has 4 rings (SSSR count). The molecule has 3 atom stereocenters. The Morgan fingerprint density at radius 3 is 2.50 bits per heavy atom. The monoisotopic (exact) mass is 324 g/mol. The second-order valence-corrected chi connectivity index (χ2v) is 9.65. The number of benzene rings is 1. The van der Waals surface area contributed by atoms with Crippen LogP contribution in [0.2, 0.25) is 0 Å². The number of allylic oxidation sites excluding steroid dienone is 1. The maximum atomic E-state index is 5.54. The molecule has 0 heterocycles. The molecule has 0 N–H and O–H groups in total. The topological polar surface area (TPSA) is 9.23 Å². The summed E-state index contributed by atoms with van der Waals surface area (Å²) in [5, 5.41) is 0. The van der Waals surface area contributed by atoms with Gasteiger partial charge in [0.2, 0.25) is 0 Å². The Morgan fingerprint density at radius 1 is 1.04 bits per heavy atom. The number of hydrogen-bond acceptors (Lipinski definition) is 1. The fourth-order valence-corrected chi connectivity index (χ4v) is 6.86. The molecule has 0 bridgehead atoms. The number of aryl methyl sites for hydroxylation is 1. The molecule has 24 heavy (non-hydrogen) atoms. The highest BCUT2D eigenvalue weighted by atomic mass is 16.5. The highest BCUT2D eigenvalue weighted by Crippen LogP contribution is 2.67. The summed E-state index contributed by atoms with van der Waals surface area (Å²) in [5.41, 5.74) is 7.14. The van der Waals surface area contributed by atoms with Gasteiger partial charge in [-0.05, 0) is 78.2 Å². The van der Waals surface area contributed by atoms with Crippen LogP contribution in [0.25, 0.3) is 6.08 Å². The van der Waals surface area contributed by atoms with E-state index in [0.29, 0.717) is 10.8 Å². The Bertz CT molecular complexity index is 726. The van der Waals surface area contributed by atoms with Crippen LogP contribution in [-0.4, -0.2) is 7.11 Å². The number of hydrogen-bond donors (Lipinski definition) is 0. The van der Waals surface area contributed by atoms with E-state index in [4.69, 9.17) is 4.74 Å². The van der Waals surface area contributed by atoms with Crippen LogP contribution >= 0.6 is 0 Å². The van der Waals surface area contributed by atoms with Crippen molar-refractivity contribution >= 4 is 6.08 Å². The molecule has 2 saturated carbocycles. The zero-order valence-electron chi connectivity index (χ0n) is 16.3. The van der Waals surface area contributed by atoms with Crippen molar-refractivity contribution in [1.29, 1.82) is 0 Å². The van der Waals surface area contributed by atoms with Crippen LogP contribution < -0.4 is 4.74 Å². The average molecular weight is 325 g/mol. The summed E-state index contributed by atoms with van der Waals surface area (Å²) in [6.45, 7) is 12.4. The number of ether oxygens (including phenoxy) is 1. The zero-order chi connectivity index (χ0) is 17.3. The highest BCUT2D eigenvalue weighted by Gasteiger charge is 2.57. The first-order valence-electron chi connectivity index (χ1n) is 9.64. The lowest BCUT2D eigenvalue weighted by atomic mass is 9.45. The van der Waals surface area contributed by atoms with Gasteiger partial charge in [-0.15, -0.1) is 0 Å². The van der Waals surface area contributed by atoms with Gasteiger partial charge in [0.15, 0.2) is 0 Å². The quantitative estimate of drug-likeness (QED) is 0.590. The molecule has 2 fully saturated rings. The summed E-state index contributed by atoms with van der Waals surface area (Å²) in [5.74, 6) is 1.81. The van der Waals surface area contributed by atoms with Gasteiger partial charge in [0.1, 0.15) is 5.75 Å². The Balaban J connectivity index is 1.89. The van der Waals surface area contributed by atoms with Crippen molar-refractivity contribution in [2.24, 2.45) is 16.7 Å². The first-order valence-corrected chi connectivity index (χ1v) is 9.64. The van der Waals surface area contributed by atoms with Crippen LogP contribution in [0.3, 0.4) is 0 Å². The molecule has 1 aromatic rings. The van der Waals surface area contributed by atoms with E-state index in [9.17, 15) is 0 Å². The van der Waals surface area contributed by atoms with E-state index in [-0.39, 0.29) is 5.41 Å². The molecule has 0 aromatic heterocycles. The maximum absolute atomic E-state index is 5.54. The summed E-state index contributed by atoms with van der Waals surface area (Å²) in [6, 6.07) is 4.48. The first kappa shape index (κ1) is 16.2. The molecule has 0 amide bonds. The Kier molecular flexibility index (Phi) is 3.31. The van der Waals surface area contributed by atoms with E-state index in [0.717, 1.165) is 11.7 Å². The van der Waals surface area contributed by atoms with Crippen LogP contribution in [0.5, 0.6) is 5.75 Å². The number of methoxy groups -OCH3 is 1. The van der Waals surface area contributed by atoms with Gasteiger partial charge in [-0.25, -0.2) is 0 Å². The van der Waals surface area contributed by atoms with Crippen molar-refractivity contribution in [2.75, 3.05) is 7.11 Å². The minimum absolute atomic E-state index is 0.227. The average Bonchev–Trinajstić information content (AvgIpc) is 2.80. The van der Waals surface area contributed by atoms with Gasteiger partial charge in [0.25, 0.3) is 0 Å². The Labute approximate surface area is 147 Å². The van der Waals surface area contributed by atoms with Gasteiger partial charge in [-0.2, -0.15) is 0 Å². The lowest BCUT2D eigenvalue weighted by Gasteiger charge is -2.59.